The normalized spacial score (nSPS) is 14.4. The standard InChI is InChI=1S/C15H19N3O4/c16-14(20)10-5-7-12(8-6-10)22-9-13(19)18-15(21)17-11-3-1-2-4-11/h5-8,11H,1-4,9H2,(H2,16,20)(H2,17,18,19,21). The van der Waals surface area contributed by atoms with Crippen LogP contribution in [-0.2, 0) is 4.79 Å². The smallest absolute Gasteiger partial charge is 0.321 e. The summed E-state index contributed by atoms with van der Waals surface area (Å²) in [6, 6.07) is 5.72. The van der Waals surface area contributed by atoms with Crippen LogP contribution >= 0.6 is 0 Å². The molecule has 0 spiro atoms. The minimum absolute atomic E-state index is 0.148. The highest BCUT2D eigenvalue weighted by atomic mass is 16.5. The van der Waals surface area contributed by atoms with Crippen molar-refractivity contribution in [3.05, 3.63) is 29.8 Å². The second-order valence-corrected chi connectivity index (χ2v) is 5.18. The number of carbonyl (C=O) groups is 3. The molecule has 1 aliphatic carbocycles. The number of primary amides is 1. The number of hydrogen-bond donors (Lipinski definition) is 3. The zero-order valence-electron chi connectivity index (χ0n) is 12.1. The van der Waals surface area contributed by atoms with Gasteiger partial charge in [-0.05, 0) is 37.1 Å². The molecule has 0 heterocycles. The molecule has 7 heteroatoms. The van der Waals surface area contributed by atoms with Gasteiger partial charge in [0.25, 0.3) is 5.91 Å². The quantitative estimate of drug-likeness (QED) is 0.751. The monoisotopic (exact) mass is 305 g/mol. The Balaban J connectivity index is 1.72. The van der Waals surface area contributed by atoms with E-state index in [9.17, 15) is 14.4 Å². The number of benzene rings is 1. The van der Waals surface area contributed by atoms with Crippen molar-refractivity contribution in [3.63, 3.8) is 0 Å². The average Bonchev–Trinajstić information content (AvgIpc) is 2.98. The molecule has 22 heavy (non-hydrogen) atoms. The number of hydrogen-bond acceptors (Lipinski definition) is 4. The number of amides is 4. The number of carbonyl (C=O) groups excluding carboxylic acids is 3. The van der Waals surface area contributed by atoms with Gasteiger partial charge in [0.15, 0.2) is 6.61 Å². The van der Waals surface area contributed by atoms with Crippen LogP contribution in [0.3, 0.4) is 0 Å². The van der Waals surface area contributed by atoms with Crippen LogP contribution in [-0.4, -0.2) is 30.5 Å². The summed E-state index contributed by atoms with van der Waals surface area (Å²) in [4.78, 5) is 34.1. The van der Waals surface area contributed by atoms with Gasteiger partial charge in [-0.3, -0.25) is 14.9 Å². The van der Waals surface area contributed by atoms with Gasteiger partial charge in [0.1, 0.15) is 5.75 Å². The number of nitrogens with one attached hydrogen (secondary N) is 2. The van der Waals surface area contributed by atoms with Gasteiger partial charge in [0, 0.05) is 11.6 Å². The predicted molar refractivity (Wildman–Crippen MR) is 79.4 cm³/mol. The Hall–Kier alpha value is -2.57. The minimum atomic E-state index is -0.534. The summed E-state index contributed by atoms with van der Waals surface area (Å²) in [5, 5.41) is 4.97. The molecule has 118 valence electrons. The fourth-order valence-corrected chi connectivity index (χ4v) is 2.32. The van der Waals surface area contributed by atoms with Crippen molar-refractivity contribution >= 4 is 17.8 Å². The van der Waals surface area contributed by atoms with Gasteiger partial charge in [0.05, 0.1) is 0 Å². The minimum Gasteiger partial charge on any atom is -0.484 e. The molecule has 1 aromatic carbocycles. The molecule has 1 fully saturated rings. The molecule has 1 saturated carbocycles. The van der Waals surface area contributed by atoms with Gasteiger partial charge in [-0.15, -0.1) is 0 Å². The van der Waals surface area contributed by atoms with E-state index in [0.717, 1.165) is 25.7 Å². The van der Waals surface area contributed by atoms with Crippen LogP contribution in [0.15, 0.2) is 24.3 Å². The van der Waals surface area contributed by atoms with Gasteiger partial charge >= 0.3 is 6.03 Å². The summed E-state index contributed by atoms with van der Waals surface area (Å²) in [5.74, 6) is -0.654. The van der Waals surface area contributed by atoms with Crippen LogP contribution < -0.4 is 21.1 Å². The zero-order chi connectivity index (χ0) is 15.9. The molecule has 2 rings (SSSR count). The Kier molecular flexibility index (Phi) is 5.35. The summed E-state index contributed by atoms with van der Waals surface area (Å²) in [7, 11) is 0. The van der Waals surface area contributed by atoms with Crippen molar-refractivity contribution < 1.29 is 19.1 Å². The fourth-order valence-electron chi connectivity index (χ4n) is 2.32. The SMILES string of the molecule is NC(=O)c1ccc(OCC(=O)NC(=O)NC2CCCC2)cc1. The number of nitrogens with two attached hydrogens (primary N) is 1. The number of rotatable bonds is 5. The first-order chi connectivity index (χ1) is 10.5. The summed E-state index contributed by atoms with van der Waals surface area (Å²) in [6.45, 7) is -0.284. The molecular weight excluding hydrogens is 286 g/mol. The third-order valence-electron chi connectivity index (χ3n) is 3.45. The van der Waals surface area contributed by atoms with Crippen LogP contribution in [0.25, 0.3) is 0 Å². The van der Waals surface area contributed by atoms with E-state index in [-0.39, 0.29) is 12.6 Å². The molecule has 4 N–H and O–H groups in total. The Morgan fingerprint density at radius 2 is 1.77 bits per heavy atom. The van der Waals surface area contributed by atoms with Gasteiger partial charge in [-0.1, -0.05) is 12.8 Å². The van der Waals surface area contributed by atoms with Gasteiger partial charge in [0.2, 0.25) is 5.91 Å². The molecular formula is C15H19N3O4. The Morgan fingerprint density at radius 1 is 1.14 bits per heavy atom. The first kappa shape index (κ1) is 15.8. The highest BCUT2D eigenvalue weighted by Gasteiger charge is 2.18. The maximum absolute atomic E-state index is 11.6. The molecule has 0 radical (unpaired) electrons. The van der Waals surface area contributed by atoms with Crippen LogP contribution in [0, 0.1) is 0 Å². The Bertz CT molecular complexity index is 550. The second kappa shape index (κ2) is 7.44. The van der Waals surface area contributed by atoms with Crippen LogP contribution in [0.4, 0.5) is 4.79 Å². The van der Waals surface area contributed by atoms with Crippen molar-refractivity contribution in [3.8, 4) is 5.75 Å². The van der Waals surface area contributed by atoms with Crippen molar-refractivity contribution in [2.75, 3.05) is 6.61 Å². The van der Waals surface area contributed by atoms with Gasteiger partial charge < -0.3 is 15.8 Å². The molecule has 4 amide bonds. The fraction of sp³-hybridized carbons (Fsp3) is 0.400. The molecule has 0 saturated heterocycles. The number of urea groups is 1. The average molecular weight is 305 g/mol. The second-order valence-electron chi connectivity index (χ2n) is 5.18. The first-order valence-corrected chi connectivity index (χ1v) is 7.17. The van der Waals surface area contributed by atoms with E-state index in [1.54, 1.807) is 0 Å². The highest BCUT2D eigenvalue weighted by molar-refractivity contribution is 5.95. The van der Waals surface area contributed by atoms with Crippen molar-refractivity contribution in [1.29, 1.82) is 0 Å². The van der Waals surface area contributed by atoms with Crippen molar-refractivity contribution in [2.45, 2.75) is 31.7 Å². The molecule has 1 aromatic rings. The lowest BCUT2D eigenvalue weighted by atomic mass is 10.2. The largest absolute Gasteiger partial charge is 0.484 e. The van der Waals surface area contributed by atoms with Crippen LogP contribution in [0.1, 0.15) is 36.0 Å². The Labute approximate surface area is 128 Å². The summed E-state index contributed by atoms with van der Waals surface area (Å²) in [5.41, 5.74) is 5.47. The van der Waals surface area contributed by atoms with E-state index in [1.165, 1.54) is 24.3 Å². The molecule has 0 bridgehead atoms. The van der Waals surface area contributed by atoms with Gasteiger partial charge in [-0.2, -0.15) is 0 Å². The maximum Gasteiger partial charge on any atom is 0.321 e. The highest BCUT2D eigenvalue weighted by Crippen LogP contribution is 2.17. The molecule has 0 aliphatic heterocycles. The topological polar surface area (TPSA) is 111 Å². The summed E-state index contributed by atoms with van der Waals surface area (Å²) >= 11 is 0. The van der Waals surface area contributed by atoms with E-state index in [1.807, 2.05) is 0 Å². The zero-order valence-corrected chi connectivity index (χ0v) is 12.1. The van der Waals surface area contributed by atoms with Crippen LogP contribution in [0.5, 0.6) is 5.75 Å². The lowest BCUT2D eigenvalue weighted by Crippen LogP contribution is -2.45. The molecule has 0 aromatic heterocycles. The number of ether oxygens (including phenoxy) is 1. The van der Waals surface area contributed by atoms with Gasteiger partial charge in [-0.25, -0.2) is 4.79 Å². The third-order valence-corrected chi connectivity index (χ3v) is 3.45. The maximum atomic E-state index is 11.6. The molecule has 1 aliphatic rings. The van der Waals surface area contributed by atoms with E-state index in [4.69, 9.17) is 10.5 Å². The molecule has 7 nitrogen and oxygen atoms in total. The Morgan fingerprint density at radius 3 is 2.36 bits per heavy atom. The van der Waals surface area contributed by atoms with E-state index in [0.29, 0.717) is 11.3 Å². The van der Waals surface area contributed by atoms with Crippen molar-refractivity contribution in [2.24, 2.45) is 5.73 Å². The lowest BCUT2D eigenvalue weighted by Gasteiger charge is -2.12. The van der Waals surface area contributed by atoms with E-state index in [2.05, 4.69) is 10.6 Å². The van der Waals surface area contributed by atoms with E-state index < -0.39 is 17.8 Å². The van der Waals surface area contributed by atoms with Crippen molar-refractivity contribution in [1.82, 2.24) is 10.6 Å². The van der Waals surface area contributed by atoms with Crippen LogP contribution in [0.2, 0.25) is 0 Å². The van der Waals surface area contributed by atoms with E-state index >= 15 is 0 Å². The third kappa shape index (κ3) is 4.76. The number of imide groups is 1. The first-order valence-electron chi connectivity index (χ1n) is 7.17. The molecule has 0 unspecified atom stereocenters. The summed E-state index contributed by atoms with van der Waals surface area (Å²) in [6.07, 6.45) is 4.10. The lowest BCUT2D eigenvalue weighted by molar-refractivity contribution is -0.122. The summed E-state index contributed by atoms with van der Waals surface area (Å²) < 4.78 is 5.23. The predicted octanol–water partition coefficient (Wildman–Crippen LogP) is 0.933. The molecule has 0 atom stereocenters.